The molecule has 2 heterocycles. The minimum absolute atomic E-state index is 0.526. The molecule has 0 aliphatic carbocycles. The number of ether oxygens (including phenoxy) is 1. The van der Waals surface area contributed by atoms with Crippen molar-refractivity contribution in [2.24, 2.45) is 0 Å². The average molecular weight is 269 g/mol. The fraction of sp³-hybridized carbons (Fsp3) is 0.375. The van der Waals surface area contributed by atoms with Crippen molar-refractivity contribution >= 4 is 0 Å². The molecular weight excluding hydrogens is 250 g/mol. The molecule has 4 nitrogen and oxygen atoms in total. The van der Waals surface area contributed by atoms with Crippen LogP contribution >= 0.6 is 0 Å². The van der Waals surface area contributed by atoms with E-state index in [4.69, 9.17) is 4.74 Å². The smallest absolute Gasteiger partial charge is 0.164 e. The summed E-state index contributed by atoms with van der Waals surface area (Å²) in [6.07, 6.45) is 6.86. The first-order valence-electron chi connectivity index (χ1n) is 7.08. The number of aryl methyl sites for hydroxylation is 1. The Bertz CT molecular complexity index is 562. The SMILES string of the molecule is Cc1cccc(Oc2cnc(CC3CCCN3)nc2)c1. The maximum absolute atomic E-state index is 5.74. The minimum Gasteiger partial charge on any atom is -0.454 e. The van der Waals surface area contributed by atoms with Gasteiger partial charge in [-0.3, -0.25) is 0 Å². The quantitative estimate of drug-likeness (QED) is 0.927. The number of hydrogen-bond acceptors (Lipinski definition) is 4. The zero-order chi connectivity index (χ0) is 13.8. The minimum atomic E-state index is 0.526. The Kier molecular flexibility index (Phi) is 3.92. The van der Waals surface area contributed by atoms with Gasteiger partial charge >= 0.3 is 0 Å². The molecule has 1 aromatic carbocycles. The van der Waals surface area contributed by atoms with Gasteiger partial charge in [0.05, 0.1) is 12.4 Å². The van der Waals surface area contributed by atoms with Gasteiger partial charge in [-0.1, -0.05) is 12.1 Å². The van der Waals surface area contributed by atoms with Crippen LogP contribution in [0.3, 0.4) is 0 Å². The van der Waals surface area contributed by atoms with E-state index in [-0.39, 0.29) is 0 Å². The molecule has 0 spiro atoms. The third-order valence-electron chi connectivity index (χ3n) is 3.50. The van der Waals surface area contributed by atoms with Crippen LogP contribution in [0.15, 0.2) is 36.7 Å². The highest BCUT2D eigenvalue weighted by Crippen LogP contribution is 2.20. The molecule has 1 N–H and O–H groups in total. The summed E-state index contributed by atoms with van der Waals surface area (Å²) < 4.78 is 5.74. The summed E-state index contributed by atoms with van der Waals surface area (Å²) in [6.45, 7) is 3.15. The number of rotatable bonds is 4. The zero-order valence-electron chi connectivity index (χ0n) is 11.7. The van der Waals surface area contributed by atoms with Crippen LogP contribution < -0.4 is 10.1 Å². The highest BCUT2D eigenvalue weighted by atomic mass is 16.5. The Morgan fingerprint density at radius 2 is 2.10 bits per heavy atom. The maximum atomic E-state index is 5.74. The Balaban J connectivity index is 1.63. The van der Waals surface area contributed by atoms with Crippen LogP contribution in [0.1, 0.15) is 24.2 Å². The zero-order valence-corrected chi connectivity index (χ0v) is 11.7. The van der Waals surface area contributed by atoms with Crippen molar-refractivity contribution in [3.05, 3.63) is 48.0 Å². The molecule has 0 saturated carbocycles. The monoisotopic (exact) mass is 269 g/mol. The molecule has 0 amide bonds. The highest BCUT2D eigenvalue weighted by molar-refractivity contribution is 5.31. The van der Waals surface area contributed by atoms with Crippen molar-refractivity contribution in [1.29, 1.82) is 0 Å². The average Bonchev–Trinajstić information content (AvgIpc) is 2.94. The Hall–Kier alpha value is -1.94. The van der Waals surface area contributed by atoms with Crippen molar-refractivity contribution in [3.63, 3.8) is 0 Å². The van der Waals surface area contributed by atoms with Gasteiger partial charge in [0.25, 0.3) is 0 Å². The predicted molar refractivity (Wildman–Crippen MR) is 78.0 cm³/mol. The lowest BCUT2D eigenvalue weighted by Crippen LogP contribution is -2.24. The molecule has 1 aliphatic rings. The van der Waals surface area contributed by atoms with Crippen LogP contribution in [-0.2, 0) is 6.42 Å². The molecule has 104 valence electrons. The summed E-state index contributed by atoms with van der Waals surface area (Å²) in [5, 5.41) is 3.45. The highest BCUT2D eigenvalue weighted by Gasteiger charge is 2.15. The van der Waals surface area contributed by atoms with Crippen molar-refractivity contribution in [2.75, 3.05) is 6.54 Å². The third-order valence-corrected chi connectivity index (χ3v) is 3.50. The molecule has 2 aromatic rings. The van der Waals surface area contributed by atoms with Gasteiger partial charge in [0.15, 0.2) is 5.75 Å². The van der Waals surface area contributed by atoms with Crippen molar-refractivity contribution in [2.45, 2.75) is 32.2 Å². The van der Waals surface area contributed by atoms with E-state index in [0.717, 1.165) is 24.5 Å². The molecule has 1 unspecified atom stereocenters. The molecule has 4 heteroatoms. The van der Waals surface area contributed by atoms with Crippen LogP contribution in [0.4, 0.5) is 0 Å². The van der Waals surface area contributed by atoms with Crippen molar-refractivity contribution in [3.8, 4) is 11.5 Å². The van der Waals surface area contributed by atoms with Crippen molar-refractivity contribution in [1.82, 2.24) is 15.3 Å². The third kappa shape index (κ3) is 3.33. The second-order valence-electron chi connectivity index (χ2n) is 5.25. The van der Waals surface area contributed by atoms with Gasteiger partial charge in [-0.2, -0.15) is 0 Å². The summed E-state index contributed by atoms with van der Waals surface area (Å²) >= 11 is 0. The van der Waals surface area contributed by atoms with Crippen LogP contribution in [-0.4, -0.2) is 22.6 Å². The summed E-state index contributed by atoms with van der Waals surface area (Å²) in [6, 6.07) is 8.48. The number of aromatic nitrogens is 2. The fourth-order valence-corrected chi connectivity index (χ4v) is 2.47. The number of nitrogens with one attached hydrogen (secondary N) is 1. The molecule has 20 heavy (non-hydrogen) atoms. The molecular formula is C16H19N3O. The Morgan fingerprint density at radius 3 is 2.80 bits per heavy atom. The van der Waals surface area contributed by atoms with Gasteiger partial charge < -0.3 is 10.1 Å². The first-order chi connectivity index (χ1) is 9.79. The lowest BCUT2D eigenvalue weighted by molar-refractivity contribution is 0.474. The molecule has 0 radical (unpaired) electrons. The van der Waals surface area contributed by atoms with Gasteiger partial charge in [0.1, 0.15) is 11.6 Å². The number of nitrogens with zero attached hydrogens (tertiary/aromatic N) is 2. The fourth-order valence-electron chi connectivity index (χ4n) is 2.47. The van der Waals surface area contributed by atoms with E-state index in [9.17, 15) is 0 Å². The van der Waals surface area contributed by atoms with E-state index >= 15 is 0 Å². The van der Waals surface area contributed by atoms with Crippen molar-refractivity contribution < 1.29 is 4.74 Å². The number of benzene rings is 1. The molecule has 3 rings (SSSR count). The molecule has 1 aromatic heterocycles. The van der Waals surface area contributed by atoms with Gasteiger partial charge in [-0.05, 0) is 44.0 Å². The van der Waals surface area contributed by atoms with Crippen LogP contribution in [0.2, 0.25) is 0 Å². The Morgan fingerprint density at radius 1 is 1.25 bits per heavy atom. The number of hydrogen-bond donors (Lipinski definition) is 1. The summed E-state index contributed by atoms with van der Waals surface area (Å²) in [7, 11) is 0. The first kappa shape index (κ1) is 13.1. The normalized spacial score (nSPS) is 18.1. The molecule has 1 aliphatic heterocycles. The molecule has 0 bridgehead atoms. The second-order valence-corrected chi connectivity index (χ2v) is 5.25. The first-order valence-corrected chi connectivity index (χ1v) is 7.08. The van der Waals surface area contributed by atoms with E-state index in [0.29, 0.717) is 11.8 Å². The standard InChI is InChI=1S/C16H19N3O/c1-12-4-2-6-14(8-12)20-15-10-18-16(19-11-15)9-13-5-3-7-17-13/h2,4,6,8,10-11,13,17H,3,5,7,9H2,1H3. The molecule has 1 fully saturated rings. The topological polar surface area (TPSA) is 47.0 Å². The van der Waals surface area contributed by atoms with Crippen LogP contribution in [0, 0.1) is 6.92 Å². The van der Waals surface area contributed by atoms with E-state index in [1.165, 1.54) is 18.4 Å². The van der Waals surface area contributed by atoms with E-state index in [1.54, 1.807) is 12.4 Å². The van der Waals surface area contributed by atoms with Gasteiger partial charge in [-0.25, -0.2) is 9.97 Å². The predicted octanol–water partition coefficient (Wildman–Crippen LogP) is 2.87. The largest absolute Gasteiger partial charge is 0.454 e. The summed E-state index contributed by atoms with van der Waals surface area (Å²) in [4.78, 5) is 8.77. The van der Waals surface area contributed by atoms with E-state index < -0.39 is 0 Å². The van der Waals surface area contributed by atoms with Gasteiger partial charge in [-0.15, -0.1) is 0 Å². The lowest BCUT2D eigenvalue weighted by Gasteiger charge is -2.09. The van der Waals surface area contributed by atoms with Crippen LogP contribution in [0.25, 0.3) is 0 Å². The van der Waals surface area contributed by atoms with E-state index in [1.807, 2.05) is 31.2 Å². The van der Waals surface area contributed by atoms with Crippen LogP contribution in [0.5, 0.6) is 11.5 Å². The van der Waals surface area contributed by atoms with Gasteiger partial charge in [0.2, 0.25) is 0 Å². The second kappa shape index (κ2) is 6.01. The lowest BCUT2D eigenvalue weighted by atomic mass is 10.1. The molecule has 1 atom stereocenters. The Labute approximate surface area is 119 Å². The van der Waals surface area contributed by atoms with Gasteiger partial charge in [0, 0.05) is 12.5 Å². The van der Waals surface area contributed by atoms with E-state index in [2.05, 4.69) is 15.3 Å². The maximum Gasteiger partial charge on any atom is 0.164 e. The molecule has 1 saturated heterocycles. The summed E-state index contributed by atoms with van der Waals surface area (Å²) in [5.74, 6) is 2.37. The summed E-state index contributed by atoms with van der Waals surface area (Å²) in [5.41, 5.74) is 1.17.